The summed E-state index contributed by atoms with van der Waals surface area (Å²) in [6.07, 6.45) is 0. The van der Waals surface area contributed by atoms with Gasteiger partial charge >= 0.3 is 0 Å². The molecule has 0 aliphatic carbocycles. The molecule has 2 aromatic rings. The zero-order valence-corrected chi connectivity index (χ0v) is 14.8. The van der Waals surface area contributed by atoms with E-state index in [2.05, 4.69) is 15.9 Å². The third-order valence-corrected chi connectivity index (χ3v) is 4.74. The van der Waals surface area contributed by atoms with Gasteiger partial charge in [-0.1, -0.05) is 6.07 Å². The number of hydrogen-bond donors (Lipinski definition) is 0. The second-order valence-corrected chi connectivity index (χ2v) is 6.57. The molecule has 0 radical (unpaired) electrons. The SMILES string of the molecule is O=C(c1cccc(F)c1)N1CCN(C(=O)c2ccc(F)cc2Br)CC1. The molecule has 2 amide bonds. The maximum Gasteiger partial charge on any atom is 0.255 e. The van der Waals surface area contributed by atoms with E-state index in [9.17, 15) is 18.4 Å². The maximum absolute atomic E-state index is 13.3. The fourth-order valence-corrected chi connectivity index (χ4v) is 3.27. The van der Waals surface area contributed by atoms with Crippen LogP contribution in [-0.2, 0) is 0 Å². The van der Waals surface area contributed by atoms with Crippen molar-refractivity contribution in [2.45, 2.75) is 0 Å². The van der Waals surface area contributed by atoms with E-state index in [1.165, 1.54) is 36.4 Å². The summed E-state index contributed by atoms with van der Waals surface area (Å²) < 4.78 is 26.8. The summed E-state index contributed by atoms with van der Waals surface area (Å²) in [4.78, 5) is 28.2. The molecule has 3 rings (SSSR count). The average Bonchev–Trinajstić information content (AvgIpc) is 2.61. The zero-order valence-electron chi connectivity index (χ0n) is 13.2. The molecule has 0 saturated carbocycles. The molecule has 1 aliphatic heterocycles. The quantitative estimate of drug-likeness (QED) is 0.764. The fraction of sp³-hybridized carbons (Fsp3) is 0.222. The molecule has 1 fully saturated rings. The highest BCUT2D eigenvalue weighted by Gasteiger charge is 2.26. The van der Waals surface area contributed by atoms with Crippen LogP contribution in [0.3, 0.4) is 0 Å². The number of rotatable bonds is 2. The molecule has 7 heteroatoms. The second kappa shape index (κ2) is 7.31. The largest absolute Gasteiger partial charge is 0.335 e. The van der Waals surface area contributed by atoms with Crippen molar-refractivity contribution in [3.8, 4) is 0 Å². The first-order chi connectivity index (χ1) is 12.0. The number of carbonyl (C=O) groups excluding carboxylic acids is 2. The van der Waals surface area contributed by atoms with Crippen LogP contribution in [0, 0.1) is 11.6 Å². The smallest absolute Gasteiger partial charge is 0.255 e. The summed E-state index contributed by atoms with van der Waals surface area (Å²) in [7, 11) is 0. The van der Waals surface area contributed by atoms with Crippen molar-refractivity contribution in [2.75, 3.05) is 26.2 Å². The molecule has 0 unspecified atom stereocenters. The number of hydrogen-bond acceptors (Lipinski definition) is 2. The van der Waals surface area contributed by atoms with Crippen molar-refractivity contribution in [3.05, 3.63) is 69.7 Å². The van der Waals surface area contributed by atoms with E-state index in [1.54, 1.807) is 15.9 Å². The van der Waals surface area contributed by atoms with Gasteiger partial charge in [-0.3, -0.25) is 9.59 Å². The fourth-order valence-electron chi connectivity index (χ4n) is 2.75. The van der Waals surface area contributed by atoms with Crippen LogP contribution in [0.25, 0.3) is 0 Å². The Bertz CT molecular complexity index is 820. The topological polar surface area (TPSA) is 40.6 Å². The molecule has 2 aromatic carbocycles. The predicted octanol–water partition coefficient (Wildman–Crippen LogP) is 3.33. The number of nitrogens with zero attached hydrogens (tertiary/aromatic N) is 2. The van der Waals surface area contributed by atoms with Gasteiger partial charge in [-0.25, -0.2) is 8.78 Å². The lowest BCUT2D eigenvalue weighted by molar-refractivity contribution is 0.0534. The lowest BCUT2D eigenvalue weighted by atomic mass is 10.1. The maximum atomic E-state index is 13.3. The lowest BCUT2D eigenvalue weighted by Gasteiger charge is -2.35. The molecule has 25 heavy (non-hydrogen) atoms. The minimum absolute atomic E-state index is 0.218. The Labute approximate surface area is 152 Å². The van der Waals surface area contributed by atoms with E-state index in [0.717, 1.165) is 0 Å². The van der Waals surface area contributed by atoms with Crippen molar-refractivity contribution in [1.82, 2.24) is 9.80 Å². The molecule has 1 aliphatic rings. The highest BCUT2D eigenvalue weighted by atomic mass is 79.9. The molecular weight excluding hydrogens is 394 g/mol. The van der Waals surface area contributed by atoms with Gasteiger partial charge in [0, 0.05) is 36.2 Å². The summed E-state index contributed by atoms with van der Waals surface area (Å²) >= 11 is 3.20. The molecule has 1 heterocycles. The van der Waals surface area contributed by atoms with Crippen molar-refractivity contribution in [1.29, 1.82) is 0 Å². The van der Waals surface area contributed by atoms with Crippen molar-refractivity contribution >= 4 is 27.7 Å². The van der Waals surface area contributed by atoms with E-state index in [4.69, 9.17) is 0 Å². The van der Waals surface area contributed by atoms with Crippen LogP contribution in [0.15, 0.2) is 46.9 Å². The van der Waals surface area contributed by atoms with Crippen LogP contribution < -0.4 is 0 Å². The molecule has 0 N–H and O–H groups in total. The van der Waals surface area contributed by atoms with Crippen LogP contribution in [0.1, 0.15) is 20.7 Å². The van der Waals surface area contributed by atoms with Gasteiger partial charge < -0.3 is 9.80 Å². The van der Waals surface area contributed by atoms with Crippen LogP contribution >= 0.6 is 15.9 Å². The first-order valence-corrected chi connectivity index (χ1v) is 8.54. The predicted molar refractivity (Wildman–Crippen MR) is 92.3 cm³/mol. The number of halogens is 3. The molecule has 4 nitrogen and oxygen atoms in total. The number of benzene rings is 2. The van der Waals surface area contributed by atoms with Gasteiger partial charge in [0.25, 0.3) is 11.8 Å². The van der Waals surface area contributed by atoms with Gasteiger partial charge in [0.2, 0.25) is 0 Å². The number of carbonyl (C=O) groups is 2. The molecule has 130 valence electrons. The average molecular weight is 409 g/mol. The highest BCUT2D eigenvalue weighted by molar-refractivity contribution is 9.10. The van der Waals surface area contributed by atoms with Gasteiger partial charge in [-0.05, 0) is 52.3 Å². The summed E-state index contributed by atoms with van der Waals surface area (Å²) in [5.41, 5.74) is 0.673. The van der Waals surface area contributed by atoms with Crippen LogP contribution in [0.5, 0.6) is 0 Å². The lowest BCUT2D eigenvalue weighted by Crippen LogP contribution is -2.50. The molecule has 0 bridgehead atoms. The van der Waals surface area contributed by atoms with Gasteiger partial charge in [0.1, 0.15) is 11.6 Å². The Balaban J connectivity index is 1.65. The van der Waals surface area contributed by atoms with E-state index in [1.807, 2.05) is 0 Å². The Kier molecular flexibility index (Phi) is 5.13. The van der Waals surface area contributed by atoms with E-state index >= 15 is 0 Å². The number of piperazine rings is 1. The van der Waals surface area contributed by atoms with Gasteiger partial charge in [-0.2, -0.15) is 0 Å². The minimum Gasteiger partial charge on any atom is -0.335 e. The van der Waals surface area contributed by atoms with Crippen LogP contribution in [0.2, 0.25) is 0 Å². The first-order valence-electron chi connectivity index (χ1n) is 7.75. The minimum atomic E-state index is -0.458. The Morgan fingerprint density at radius 1 is 0.840 bits per heavy atom. The van der Waals surface area contributed by atoms with Crippen LogP contribution in [0.4, 0.5) is 8.78 Å². The summed E-state index contributed by atoms with van der Waals surface area (Å²) in [6.45, 7) is 1.45. The van der Waals surface area contributed by atoms with Gasteiger partial charge in [0.05, 0.1) is 5.56 Å². The molecule has 1 saturated heterocycles. The Morgan fingerprint density at radius 3 is 2.04 bits per heavy atom. The standard InChI is InChI=1S/C18H15BrF2N2O2/c19-16-11-14(21)4-5-15(16)18(25)23-8-6-22(7-9-23)17(24)12-2-1-3-13(20)10-12/h1-5,10-11H,6-9H2. The van der Waals surface area contributed by atoms with Crippen LogP contribution in [-0.4, -0.2) is 47.8 Å². The Morgan fingerprint density at radius 2 is 1.44 bits per heavy atom. The zero-order chi connectivity index (χ0) is 18.0. The third kappa shape index (κ3) is 3.87. The van der Waals surface area contributed by atoms with E-state index in [-0.39, 0.29) is 11.8 Å². The molecular formula is C18H15BrF2N2O2. The molecule has 0 atom stereocenters. The summed E-state index contributed by atoms with van der Waals surface area (Å²) in [5, 5.41) is 0. The molecule has 0 aromatic heterocycles. The highest BCUT2D eigenvalue weighted by Crippen LogP contribution is 2.21. The van der Waals surface area contributed by atoms with Crippen molar-refractivity contribution in [2.24, 2.45) is 0 Å². The van der Waals surface area contributed by atoms with Gasteiger partial charge in [-0.15, -0.1) is 0 Å². The monoisotopic (exact) mass is 408 g/mol. The van der Waals surface area contributed by atoms with Crippen molar-refractivity contribution in [3.63, 3.8) is 0 Å². The first kappa shape index (κ1) is 17.5. The van der Waals surface area contributed by atoms with Crippen molar-refractivity contribution < 1.29 is 18.4 Å². The second-order valence-electron chi connectivity index (χ2n) is 5.72. The van der Waals surface area contributed by atoms with E-state index < -0.39 is 11.6 Å². The van der Waals surface area contributed by atoms with E-state index in [0.29, 0.717) is 41.8 Å². The normalized spacial score (nSPS) is 14.5. The third-order valence-electron chi connectivity index (χ3n) is 4.09. The summed E-state index contributed by atoms with van der Waals surface area (Å²) in [6, 6.07) is 9.47. The molecule has 0 spiro atoms. The summed E-state index contributed by atoms with van der Waals surface area (Å²) in [5.74, 6) is -1.35. The number of amides is 2. The van der Waals surface area contributed by atoms with Gasteiger partial charge in [0.15, 0.2) is 0 Å². The Hall–Kier alpha value is -2.28.